The van der Waals surface area contributed by atoms with E-state index >= 15 is 0 Å². The fraction of sp³-hybridized carbons (Fsp3) is 0.347. The zero-order chi connectivity index (χ0) is 43.1. The molecule has 0 aliphatic rings. The number of rotatable bonds is 17. The van der Waals surface area contributed by atoms with Crippen molar-refractivity contribution in [1.82, 2.24) is 0 Å². The highest BCUT2D eigenvalue weighted by atomic mass is 32.2. The number of aryl methyl sites for hydroxylation is 1. The Balaban J connectivity index is 1.44. The number of methoxy groups -OCH3 is 1. The molecule has 5 aromatic rings. The third kappa shape index (κ3) is 11.2. The summed E-state index contributed by atoms with van der Waals surface area (Å²) in [5.41, 5.74) is 2.67. The quantitative estimate of drug-likeness (QED) is 0.0566. The molecule has 5 rings (SSSR count). The van der Waals surface area contributed by atoms with E-state index < -0.39 is 39.0 Å². The Kier molecular flexibility index (Phi) is 14.6. The molecule has 0 aliphatic carbocycles. The van der Waals surface area contributed by atoms with E-state index in [9.17, 15) is 13.5 Å². The number of benzene rings is 5. The summed E-state index contributed by atoms with van der Waals surface area (Å²) in [5, 5.41) is 14.1. The van der Waals surface area contributed by atoms with Crippen LogP contribution in [-0.2, 0) is 21.0 Å². The molecular weight excluding hydrogens is 789 g/mol. The van der Waals surface area contributed by atoms with Gasteiger partial charge in [-0.25, -0.2) is 0 Å². The maximum absolute atomic E-state index is 13.2. The second kappa shape index (κ2) is 18.9. The summed E-state index contributed by atoms with van der Waals surface area (Å²) < 4.78 is 51.6. The molecule has 0 unspecified atom stereocenters. The molecule has 0 radical (unpaired) electrons. The number of ether oxygens (including phenoxy) is 1. The van der Waals surface area contributed by atoms with Gasteiger partial charge in [-0.15, -0.1) is 0 Å². The highest BCUT2D eigenvalue weighted by molar-refractivity contribution is 7.87. The van der Waals surface area contributed by atoms with Crippen molar-refractivity contribution >= 4 is 37.1 Å². The average Bonchev–Trinajstić information content (AvgIpc) is 3.18. The van der Waals surface area contributed by atoms with E-state index in [1.54, 1.807) is 24.3 Å². The van der Waals surface area contributed by atoms with Gasteiger partial charge in [0.25, 0.3) is 8.32 Å². The number of allylic oxidation sites excluding steroid dienone is 1. The number of aliphatic hydroxyl groups excluding tert-OH is 1. The maximum Gasteiger partial charge on any atom is 0.339 e. The summed E-state index contributed by atoms with van der Waals surface area (Å²) in [4.78, 5) is 0.0401. The monoisotopic (exact) mass is 850 g/mol. The molecule has 59 heavy (non-hydrogen) atoms. The summed E-state index contributed by atoms with van der Waals surface area (Å²) >= 11 is 0. The summed E-state index contributed by atoms with van der Waals surface area (Å²) in [6.45, 7) is 19.9. The third-order valence-electron chi connectivity index (χ3n) is 11.3. The lowest BCUT2D eigenvalue weighted by molar-refractivity contribution is 0.0900. The van der Waals surface area contributed by atoms with Gasteiger partial charge >= 0.3 is 10.1 Å². The van der Waals surface area contributed by atoms with E-state index in [2.05, 4.69) is 140 Å². The molecule has 0 heterocycles. The number of hydrogen-bond donors (Lipinski definition) is 1. The molecule has 0 saturated heterocycles. The smallest absolute Gasteiger partial charge is 0.339 e. The first-order chi connectivity index (χ1) is 27.8. The molecule has 0 aliphatic heterocycles. The van der Waals surface area contributed by atoms with Crippen molar-refractivity contribution in [3.8, 4) is 17.2 Å². The normalized spacial score (nSPS) is 13.9. The van der Waals surface area contributed by atoms with Gasteiger partial charge in [0.1, 0.15) is 10.6 Å². The maximum atomic E-state index is 13.2. The zero-order valence-corrected chi connectivity index (χ0v) is 39.2. The predicted octanol–water partition coefficient (Wildman–Crippen LogP) is 10.7. The Bertz CT molecular complexity index is 2210. The Hall–Kier alpha value is -4.46. The molecule has 5 aromatic carbocycles. The van der Waals surface area contributed by atoms with Crippen LogP contribution in [0.1, 0.15) is 77.2 Å². The minimum Gasteiger partial charge on any atom is -0.544 e. The third-order valence-corrected chi connectivity index (χ3v) is 22.0. The second-order valence-electron chi connectivity index (χ2n) is 17.8. The van der Waals surface area contributed by atoms with Crippen molar-refractivity contribution in [2.24, 2.45) is 0 Å². The largest absolute Gasteiger partial charge is 0.544 e. The van der Waals surface area contributed by atoms with E-state index in [0.717, 1.165) is 28.1 Å². The number of aliphatic hydroxyl groups is 1. The summed E-state index contributed by atoms with van der Waals surface area (Å²) in [5.74, 6) is 1.13. The second-order valence-corrected chi connectivity index (χ2v) is 28.4. The first-order valence-electron chi connectivity index (χ1n) is 20.3. The molecule has 1 N–H and O–H groups in total. The van der Waals surface area contributed by atoms with Crippen LogP contribution in [0.3, 0.4) is 0 Å². The zero-order valence-electron chi connectivity index (χ0n) is 36.4. The van der Waals surface area contributed by atoms with Gasteiger partial charge in [0.15, 0.2) is 11.5 Å². The summed E-state index contributed by atoms with van der Waals surface area (Å²) in [6.07, 6.45) is 4.54. The van der Waals surface area contributed by atoms with Crippen LogP contribution in [0.5, 0.6) is 17.2 Å². The van der Waals surface area contributed by atoms with Crippen LogP contribution in [-0.4, -0.2) is 43.4 Å². The van der Waals surface area contributed by atoms with Crippen LogP contribution in [0.15, 0.2) is 144 Å². The molecule has 314 valence electrons. The molecule has 2 atom stereocenters. The molecule has 0 aromatic heterocycles. The van der Waals surface area contributed by atoms with Crippen molar-refractivity contribution in [1.29, 1.82) is 0 Å². The fourth-order valence-corrected chi connectivity index (χ4v) is 13.6. The standard InChI is InChI=1S/C49H62O7SSi2/c1-37-25-32-42(33-26-37)57(51,52)54-46-34-29-39(35-47(46)53-8)45(50)36-41(20-18-17-19-38-27-30-40(31-28-38)55-58(9,10)48(2,3)4)56-59(49(5,6)7,43-21-13-11-14-22-43)44-23-15-12-16-24-44/h11-18,21-35,41,45,50H,19-20,36H2,1-10H3/b18-17+/t41-,45+/m1/s1. The van der Waals surface area contributed by atoms with Gasteiger partial charge in [0.2, 0.25) is 8.32 Å². The van der Waals surface area contributed by atoms with Crippen molar-refractivity contribution in [2.75, 3.05) is 7.11 Å². The van der Waals surface area contributed by atoms with E-state index in [-0.39, 0.29) is 32.9 Å². The van der Waals surface area contributed by atoms with E-state index in [1.165, 1.54) is 30.9 Å². The Labute approximate surface area is 355 Å². The SMILES string of the molecule is COc1cc([C@@H](O)C[C@@H](C/C=C/Cc2ccc(O[Si](C)(C)C(C)(C)C)cc2)O[Si](c2ccccc2)(c2ccccc2)C(C)(C)C)ccc1OS(=O)(=O)c1ccc(C)cc1. The molecule has 0 spiro atoms. The van der Waals surface area contributed by atoms with Crippen molar-refractivity contribution in [2.45, 2.75) is 108 Å². The van der Waals surface area contributed by atoms with Crippen molar-refractivity contribution in [3.05, 3.63) is 156 Å². The van der Waals surface area contributed by atoms with Gasteiger partial charge in [-0.1, -0.05) is 150 Å². The van der Waals surface area contributed by atoms with Crippen LogP contribution in [0.25, 0.3) is 0 Å². The van der Waals surface area contributed by atoms with Gasteiger partial charge in [-0.2, -0.15) is 8.42 Å². The first-order valence-corrected chi connectivity index (χ1v) is 26.6. The van der Waals surface area contributed by atoms with E-state index in [1.807, 2.05) is 19.1 Å². The highest BCUT2D eigenvalue weighted by Crippen LogP contribution is 2.40. The van der Waals surface area contributed by atoms with Gasteiger partial charge in [0.05, 0.1) is 19.3 Å². The Morgan fingerprint density at radius 3 is 1.81 bits per heavy atom. The Morgan fingerprint density at radius 2 is 1.29 bits per heavy atom. The Morgan fingerprint density at radius 1 is 0.712 bits per heavy atom. The van der Waals surface area contributed by atoms with Crippen LogP contribution < -0.4 is 23.7 Å². The summed E-state index contributed by atoms with van der Waals surface area (Å²) in [7, 11) is -7.61. The van der Waals surface area contributed by atoms with E-state index in [4.69, 9.17) is 17.8 Å². The lowest BCUT2D eigenvalue weighted by atomic mass is 10.0. The number of hydrogen-bond acceptors (Lipinski definition) is 7. The van der Waals surface area contributed by atoms with Gasteiger partial charge < -0.3 is 22.9 Å². The first kappa shape index (κ1) is 45.6. The van der Waals surface area contributed by atoms with E-state index in [0.29, 0.717) is 12.0 Å². The molecule has 0 fully saturated rings. The average molecular weight is 851 g/mol. The molecule has 0 amide bonds. The van der Waals surface area contributed by atoms with Crippen LogP contribution in [0.4, 0.5) is 0 Å². The lowest BCUT2D eigenvalue weighted by Gasteiger charge is -2.45. The van der Waals surface area contributed by atoms with Crippen LogP contribution in [0, 0.1) is 6.92 Å². The van der Waals surface area contributed by atoms with Crippen LogP contribution >= 0.6 is 0 Å². The summed E-state index contributed by atoms with van der Waals surface area (Å²) in [6, 6.07) is 40.7. The fourth-order valence-electron chi connectivity index (χ4n) is 6.96. The molecule has 7 nitrogen and oxygen atoms in total. The van der Waals surface area contributed by atoms with Crippen molar-refractivity contribution < 1.29 is 31.3 Å². The van der Waals surface area contributed by atoms with Gasteiger partial charge in [0, 0.05) is 6.42 Å². The topological polar surface area (TPSA) is 91.3 Å². The van der Waals surface area contributed by atoms with Gasteiger partial charge in [-0.3, -0.25) is 0 Å². The highest BCUT2D eigenvalue weighted by Gasteiger charge is 2.51. The molecular formula is C49H62O7SSi2. The molecule has 0 saturated carbocycles. The van der Waals surface area contributed by atoms with Crippen molar-refractivity contribution in [3.63, 3.8) is 0 Å². The molecule has 10 heteroatoms. The predicted molar refractivity (Wildman–Crippen MR) is 246 cm³/mol. The van der Waals surface area contributed by atoms with Gasteiger partial charge in [-0.05, 0) is 101 Å². The van der Waals surface area contributed by atoms with Crippen LogP contribution in [0.2, 0.25) is 23.2 Å². The minimum absolute atomic E-state index is 0.0339. The molecule has 0 bridgehead atoms. The minimum atomic E-state index is -4.12. The lowest BCUT2D eigenvalue weighted by Crippen LogP contribution is -2.67.